The lowest BCUT2D eigenvalue weighted by Crippen LogP contribution is -2.18. The molecule has 0 spiro atoms. The van der Waals surface area contributed by atoms with Crippen molar-refractivity contribution in [2.45, 2.75) is 13.0 Å². The highest BCUT2D eigenvalue weighted by Crippen LogP contribution is 2.12. The molecule has 3 nitrogen and oxygen atoms in total. The minimum atomic E-state index is -0.437. The van der Waals surface area contributed by atoms with Crippen molar-refractivity contribution >= 4 is 0 Å². The van der Waals surface area contributed by atoms with Gasteiger partial charge in [-0.05, 0) is 31.2 Å². The van der Waals surface area contributed by atoms with Crippen LogP contribution in [0.25, 0.3) is 0 Å². The maximum absolute atomic E-state index is 13.8. The van der Waals surface area contributed by atoms with Crippen LogP contribution in [0.4, 0.5) is 4.39 Å². The fourth-order valence-corrected chi connectivity index (χ4v) is 1.93. The topological polar surface area (TPSA) is 45.0 Å². The van der Waals surface area contributed by atoms with Gasteiger partial charge in [0, 0.05) is 12.1 Å². The third kappa shape index (κ3) is 4.59. The van der Waals surface area contributed by atoms with Gasteiger partial charge in [-0.1, -0.05) is 30.3 Å². The number of hydrogen-bond acceptors (Lipinski definition) is 3. The van der Waals surface area contributed by atoms with E-state index < -0.39 is 5.82 Å². The maximum atomic E-state index is 13.8. The lowest BCUT2D eigenvalue weighted by Gasteiger charge is -2.08. The molecule has 2 aromatic carbocycles. The largest absolute Gasteiger partial charge is 0.494 e. The van der Waals surface area contributed by atoms with Crippen LogP contribution in [0.2, 0.25) is 0 Å². The molecule has 2 rings (SSSR count). The fraction of sp³-hybridized carbons (Fsp3) is 0.235. The summed E-state index contributed by atoms with van der Waals surface area (Å²) in [7, 11) is 0. The third-order valence-corrected chi connectivity index (χ3v) is 3.02. The van der Waals surface area contributed by atoms with Crippen LogP contribution in [0.5, 0.6) is 5.75 Å². The van der Waals surface area contributed by atoms with Gasteiger partial charge in [0.05, 0.1) is 12.2 Å². The van der Waals surface area contributed by atoms with Gasteiger partial charge in [0.2, 0.25) is 0 Å². The predicted octanol–water partition coefficient (Wildman–Crippen LogP) is 3.26. The van der Waals surface area contributed by atoms with Crippen LogP contribution >= 0.6 is 0 Å². The van der Waals surface area contributed by atoms with Gasteiger partial charge in [0.25, 0.3) is 0 Å². The van der Waals surface area contributed by atoms with E-state index in [1.807, 2.05) is 36.4 Å². The standard InChI is InChI=1S/C17H17FN2O/c18-17-14(12-19)6-4-7-15(17)13-20-10-5-11-21-16-8-2-1-3-9-16/h1-4,6-9,20H,5,10-11,13H2. The van der Waals surface area contributed by atoms with E-state index in [0.29, 0.717) is 18.7 Å². The molecule has 2 aromatic rings. The van der Waals surface area contributed by atoms with Crippen molar-refractivity contribution in [3.63, 3.8) is 0 Å². The molecule has 1 N–H and O–H groups in total. The first-order valence-electron chi connectivity index (χ1n) is 6.87. The van der Waals surface area contributed by atoms with E-state index >= 15 is 0 Å². The second-order valence-electron chi connectivity index (χ2n) is 4.58. The maximum Gasteiger partial charge on any atom is 0.145 e. The first-order valence-corrected chi connectivity index (χ1v) is 6.87. The first kappa shape index (κ1) is 15.0. The molecule has 4 heteroatoms. The molecule has 0 saturated carbocycles. The van der Waals surface area contributed by atoms with Crippen molar-refractivity contribution in [3.8, 4) is 11.8 Å². The van der Waals surface area contributed by atoms with Gasteiger partial charge in [-0.15, -0.1) is 0 Å². The Labute approximate surface area is 124 Å². The van der Waals surface area contributed by atoms with Crippen LogP contribution in [0.1, 0.15) is 17.5 Å². The summed E-state index contributed by atoms with van der Waals surface area (Å²) in [4.78, 5) is 0. The molecule has 0 aliphatic heterocycles. The molecule has 0 aliphatic rings. The summed E-state index contributed by atoms with van der Waals surface area (Å²) >= 11 is 0. The number of benzene rings is 2. The summed E-state index contributed by atoms with van der Waals surface area (Å²) < 4.78 is 19.3. The molecular formula is C17H17FN2O. The highest BCUT2D eigenvalue weighted by Gasteiger charge is 2.06. The molecule has 21 heavy (non-hydrogen) atoms. The van der Waals surface area contributed by atoms with Crippen LogP contribution in [0.15, 0.2) is 48.5 Å². The van der Waals surface area contributed by atoms with Gasteiger partial charge in [-0.2, -0.15) is 5.26 Å². The number of para-hydroxylation sites is 1. The predicted molar refractivity (Wildman–Crippen MR) is 79.4 cm³/mol. The number of rotatable bonds is 7. The van der Waals surface area contributed by atoms with E-state index in [9.17, 15) is 4.39 Å². The van der Waals surface area contributed by atoms with Gasteiger partial charge < -0.3 is 10.1 Å². The summed E-state index contributed by atoms with van der Waals surface area (Å²) in [5.74, 6) is 0.415. The highest BCUT2D eigenvalue weighted by atomic mass is 19.1. The highest BCUT2D eigenvalue weighted by molar-refractivity contribution is 5.34. The van der Waals surface area contributed by atoms with Crippen molar-refractivity contribution in [1.82, 2.24) is 5.32 Å². The smallest absolute Gasteiger partial charge is 0.145 e. The van der Waals surface area contributed by atoms with Crippen molar-refractivity contribution in [3.05, 3.63) is 65.5 Å². The SMILES string of the molecule is N#Cc1cccc(CNCCCOc2ccccc2)c1F. The lowest BCUT2D eigenvalue weighted by atomic mass is 10.1. The number of hydrogen-bond donors (Lipinski definition) is 1. The molecule has 0 radical (unpaired) electrons. The Morgan fingerprint density at radius 3 is 2.67 bits per heavy atom. The number of nitrogens with zero attached hydrogens (tertiary/aromatic N) is 1. The van der Waals surface area contributed by atoms with Gasteiger partial charge in [-0.25, -0.2) is 4.39 Å². The van der Waals surface area contributed by atoms with E-state index in [4.69, 9.17) is 10.00 Å². The Kier molecular flexibility index (Phi) is 5.74. The van der Waals surface area contributed by atoms with Gasteiger partial charge in [0.1, 0.15) is 17.6 Å². The minimum absolute atomic E-state index is 0.0849. The Balaban J connectivity index is 1.67. The quantitative estimate of drug-likeness (QED) is 0.794. The Morgan fingerprint density at radius 2 is 1.90 bits per heavy atom. The molecule has 0 unspecified atom stereocenters. The van der Waals surface area contributed by atoms with Crippen molar-refractivity contribution in [1.29, 1.82) is 5.26 Å². The number of ether oxygens (including phenoxy) is 1. The Bertz CT molecular complexity index is 608. The third-order valence-electron chi connectivity index (χ3n) is 3.02. The van der Waals surface area contributed by atoms with Gasteiger partial charge >= 0.3 is 0 Å². The number of nitrogens with one attached hydrogen (secondary N) is 1. The summed E-state index contributed by atoms with van der Waals surface area (Å²) in [6.45, 7) is 1.74. The van der Waals surface area contributed by atoms with Crippen LogP contribution < -0.4 is 10.1 Å². The second-order valence-corrected chi connectivity index (χ2v) is 4.58. The molecule has 0 fully saturated rings. The molecular weight excluding hydrogens is 267 g/mol. The molecule has 0 atom stereocenters. The Morgan fingerprint density at radius 1 is 1.10 bits per heavy atom. The van der Waals surface area contributed by atoms with Crippen molar-refractivity contribution in [2.24, 2.45) is 0 Å². The van der Waals surface area contributed by atoms with Crippen LogP contribution in [0, 0.1) is 17.1 Å². The molecule has 0 saturated heterocycles. The average Bonchev–Trinajstić information content (AvgIpc) is 2.53. The van der Waals surface area contributed by atoms with Crippen molar-refractivity contribution in [2.75, 3.05) is 13.2 Å². The summed E-state index contributed by atoms with van der Waals surface area (Å²) in [5, 5.41) is 11.9. The van der Waals surface area contributed by atoms with E-state index in [-0.39, 0.29) is 5.56 Å². The van der Waals surface area contributed by atoms with E-state index in [2.05, 4.69) is 5.32 Å². The zero-order chi connectivity index (χ0) is 14.9. The number of halogens is 1. The Hall–Kier alpha value is -2.38. The zero-order valence-electron chi connectivity index (χ0n) is 11.7. The molecule has 0 bridgehead atoms. The molecule has 0 heterocycles. The van der Waals surface area contributed by atoms with E-state index in [0.717, 1.165) is 18.7 Å². The van der Waals surface area contributed by atoms with Crippen LogP contribution in [-0.2, 0) is 6.54 Å². The van der Waals surface area contributed by atoms with E-state index in [1.165, 1.54) is 6.07 Å². The van der Waals surface area contributed by atoms with Gasteiger partial charge in [-0.3, -0.25) is 0 Å². The second kappa shape index (κ2) is 8.03. The zero-order valence-corrected chi connectivity index (χ0v) is 11.7. The summed E-state index contributed by atoms with van der Waals surface area (Å²) in [6, 6.07) is 16.3. The summed E-state index contributed by atoms with van der Waals surface area (Å²) in [5.41, 5.74) is 0.597. The molecule has 108 valence electrons. The normalized spacial score (nSPS) is 10.1. The van der Waals surface area contributed by atoms with Crippen LogP contribution in [-0.4, -0.2) is 13.2 Å². The lowest BCUT2D eigenvalue weighted by molar-refractivity contribution is 0.308. The first-order chi connectivity index (χ1) is 10.3. The fourth-order valence-electron chi connectivity index (χ4n) is 1.93. The molecule has 0 aliphatic carbocycles. The van der Waals surface area contributed by atoms with Crippen molar-refractivity contribution < 1.29 is 9.13 Å². The van der Waals surface area contributed by atoms with E-state index in [1.54, 1.807) is 12.1 Å². The van der Waals surface area contributed by atoms with Crippen LogP contribution in [0.3, 0.4) is 0 Å². The average molecular weight is 284 g/mol. The molecule has 0 aromatic heterocycles. The summed E-state index contributed by atoms with van der Waals surface area (Å²) in [6.07, 6.45) is 0.828. The monoisotopic (exact) mass is 284 g/mol. The van der Waals surface area contributed by atoms with Gasteiger partial charge in [0.15, 0.2) is 0 Å². The molecule has 0 amide bonds. The number of nitriles is 1. The minimum Gasteiger partial charge on any atom is -0.494 e.